The lowest BCUT2D eigenvalue weighted by Gasteiger charge is -2.38. The van der Waals surface area contributed by atoms with Crippen molar-refractivity contribution in [2.24, 2.45) is 11.8 Å². The van der Waals surface area contributed by atoms with Gasteiger partial charge in [0.1, 0.15) is 18.5 Å². The van der Waals surface area contributed by atoms with E-state index in [1.165, 1.54) is 0 Å². The average molecular weight is 637 g/mol. The molecule has 2 saturated heterocycles. The van der Waals surface area contributed by atoms with Crippen molar-refractivity contribution in [3.8, 4) is 0 Å². The van der Waals surface area contributed by atoms with Crippen LogP contribution in [0.5, 0.6) is 0 Å². The Kier molecular flexibility index (Phi) is 11.0. The van der Waals surface area contributed by atoms with E-state index in [0.29, 0.717) is 18.8 Å². The van der Waals surface area contributed by atoms with Gasteiger partial charge in [-0.05, 0) is 44.4 Å². The molecule has 5 rings (SSSR count). The molecule has 2 N–H and O–H groups in total. The van der Waals surface area contributed by atoms with Crippen LogP contribution in [0.15, 0.2) is 42.6 Å². The molecule has 1 aliphatic carbocycles. The van der Waals surface area contributed by atoms with Gasteiger partial charge in [-0.3, -0.25) is 19.2 Å². The Morgan fingerprint density at radius 1 is 1.11 bits per heavy atom. The first kappa shape index (κ1) is 33.1. The highest BCUT2D eigenvalue weighted by Gasteiger charge is 2.45. The van der Waals surface area contributed by atoms with E-state index in [9.17, 15) is 24.3 Å². The van der Waals surface area contributed by atoms with E-state index in [4.69, 9.17) is 4.84 Å². The van der Waals surface area contributed by atoms with Crippen molar-refractivity contribution in [1.29, 1.82) is 0 Å². The molecule has 0 radical (unpaired) electrons. The lowest BCUT2D eigenvalue weighted by molar-refractivity contribution is -0.185. The molecule has 14 nitrogen and oxygen atoms in total. The maximum absolute atomic E-state index is 14.3. The molecule has 14 heteroatoms. The largest absolute Gasteiger partial charge is 0.464 e. The van der Waals surface area contributed by atoms with E-state index in [1.54, 1.807) is 12.3 Å². The first-order valence-corrected chi connectivity index (χ1v) is 16.0. The molecule has 46 heavy (non-hydrogen) atoms. The highest BCUT2D eigenvalue weighted by molar-refractivity contribution is 5.98. The summed E-state index contributed by atoms with van der Waals surface area (Å²) in [6.07, 6.45) is 5.36. The van der Waals surface area contributed by atoms with Crippen LogP contribution in [0.3, 0.4) is 0 Å². The fourth-order valence-corrected chi connectivity index (χ4v) is 6.71. The number of carboxylic acid groups (broad SMARTS) is 1. The lowest BCUT2D eigenvalue weighted by Crippen LogP contribution is -2.54. The summed E-state index contributed by atoms with van der Waals surface area (Å²) in [6, 6.07) is 10.0. The number of benzene rings is 1. The van der Waals surface area contributed by atoms with Gasteiger partial charge in [0, 0.05) is 38.4 Å². The summed E-state index contributed by atoms with van der Waals surface area (Å²) in [5.41, 5.74) is 0.858. The van der Waals surface area contributed by atoms with Crippen LogP contribution in [0.25, 0.3) is 0 Å². The van der Waals surface area contributed by atoms with E-state index >= 15 is 0 Å². The van der Waals surface area contributed by atoms with E-state index in [-0.39, 0.29) is 43.9 Å². The third-order valence-electron chi connectivity index (χ3n) is 9.10. The molecule has 3 aliphatic rings. The van der Waals surface area contributed by atoms with Gasteiger partial charge in [-0.1, -0.05) is 56.0 Å². The number of aromatic nitrogens is 2. The number of likely N-dealkylation sites (N-methyl/N-ethyl adjacent to an activating group) is 1. The minimum atomic E-state index is -1.33. The summed E-state index contributed by atoms with van der Waals surface area (Å²) < 4.78 is 0. The molecule has 2 aromatic rings. The number of hydrogen-bond donors (Lipinski definition) is 2. The number of piperazine rings is 1. The molecule has 0 bridgehead atoms. The van der Waals surface area contributed by atoms with Crippen LogP contribution < -0.4 is 10.2 Å². The van der Waals surface area contributed by atoms with Crippen LogP contribution in [0.1, 0.15) is 51.0 Å². The predicted octanol–water partition coefficient (Wildman–Crippen LogP) is 2.84. The van der Waals surface area contributed by atoms with E-state index in [2.05, 4.69) is 39.1 Å². The molecule has 1 aromatic heterocycles. The summed E-state index contributed by atoms with van der Waals surface area (Å²) >= 11 is 0. The van der Waals surface area contributed by atoms with Gasteiger partial charge in [0.05, 0.1) is 12.5 Å². The normalized spacial score (nSPS) is 21.3. The third-order valence-corrected chi connectivity index (χ3v) is 9.10. The van der Waals surface area contributed by atoms with E-state index < -0.39 is 29.9 Å². The Morgan fingerprint density at radius 3 is 2.57 bits per heavy atom. The van der Waals surface area contributed by atoms with Crippen molar-refractivity contribution < 1.29 is 29.1 Å². The van der Waals surface area contributed by atoms with Crippen LogP contribution in [0, 0.1) is 11.8 Å². The standard InChI is InChI=1S/C32H44N8O6/c1-23-19-36(2)16-17-38(23)31-33-14-12-28(35-31)34-29(42)27-13-15-39(32(44)45)40(27)30(43)26(18-24-8-6-7-9-24)20-37(22-41)46-21-25-10-4-3-5-11-25/h3-5,10-12,14,22-24,26-27H,6-9,13,15-21H2,1-2H3,(H,44,45)(H,33,34,35,42)/t23-,26+,27-/m0/s1. The van der Waals surface area contributed by atoms with Crippen LogP contribution in [-0.4, -0.2) is 111 Å². The zero-order valence-electron chi connectivity index (χ0n) is 26.5. The number of amides is 4. The van der Waals surface area contributed by atoms with Gasteiger partial charge in [-0.2, -0.15) is 4.98 Å². The Balaban J connectivity index is 1.33. The average Bonchev–Trinajstić information content (AvgIpc) is 3.73. The molecule has 3 heterocycles. The van der Waals surface area contributed by atoms with Crippen LogP contribution in [0.4, 0.5) is 16.6 Å². The summed E-state index contributed by atoms with van der Waals surface area (Å²) in [5.74, 6) is -0.834. The molecule has 3 fully saturated rings. The molecular formula is C32H44N8O6. The zero-order valence-corrected chi connectivity index (χ0v) is 26.5. The Labute approximate surface area is 269 Å². The van der Waals surface area contributed by atoms with Gasteiger partial charge in [-0.25, -0.2) is 24.9 Å². The summed E-state index contributed by atoms with van der Waals surface area (Å²) in [5, 5.41) is 15.9. The fourth-order valence-electron chi connectivity index (χ4n) is 6.71. The second-order valence-corrected chi connectivity index (χ2v) is 12.5. The topological polar surface area (TPSA) is 152 Å². The predicted molar refractivity (Wildman–Crippen MR) is 169 cm³/mol. The molecule has 0 spiro atoms. The van der Waals surface area contributed by atoms with Gasteiger partial charge in [-0.15, -0.1) is 0 Å². The summed E-state index contributed by atoms with van der Waals surface area (Å²) in [4.78, 5) is 71.4. The third kappa shape index (κ3) is 8.10. The zero-order chi connectivity index (χ0) is 32.6. The number of nitrogens with one attached hydrogen (secondary N) is 1. The number of carbonyl (C=O) groups is 4. The Morgan fingerprint density at radius 2 is 1.87 bits per heavy atom. The number of hydroxylamine groups is 2. The van der Waals surface area contributed by atoms with E-state index in [1.807, 2.05) is 30.3 Å². The first-order chi connectivity index (χ1) is 22.2. The van der Waals surface area contributed by atoms with Crippen LogP contribution in [0.2, 0.25) is 0 Å². The lowest BCUT2D eigenvalue weighted by atomic mass is 9.92. The maximum atomic E-state index is 14.3. The Bertz CT molecular complexity index is 1360. The SMILES string of the molecule is C[C@H]1CN(C)CCN1c1nccc(NC(=O)[C@@H]2CCN(C(=O)O)N2C(=O)[C@H](CC2CCCC2)CN(C=O)OCc2ccccc2)n1. The van der Waals surface area contributed by atoms with Crippen molar-refractivity contribution in [3.05, 3.63) is 48.2 Å². The van der Waals surface area contributed by atoms with Crippen molar-refractivity contribution >= 4 is 36.1 Å². The van der Waals surface area contributed by atoms with E-state index in [0.717, 1.165) is 66.0 Å². The quantitative estimate of drug-likeness (QED) is 0.263. The number of hydrazine groups is 1. The number of carbonyl (C=O) groups excluding carboxylic acids is 3. The van der Waals surface area contributed by atoms with Crippen LogP contribution in [-0.2, 0) is 25.8 Å². The smallest absolute Gasteiger partial charge is 0.426 e. The number of hydrogen-bond acceptors (Lipinski definition) is 9. The first-order valence-electron chi connectivity index (χ1n) is 16.0. The van der Waals surface area contributed by atoms with Crippen molar-refractivity contribution in [2.75, 3.05) is 50.0 Å². The highest BCUT2D eigenvalue weighted by atomic mass is 16.7. The molecule has 0 unspecified atom stereocenters. The van der Waals surface area contributed by atoms with Crippen molar-refractivity contribution in [2.45, 2.75) is 64.1 Å². The monoisotopic (exact) mass is 636 g/mol. The Hall–Kier alpha value is -4.30. The summed E-state index contributed by atoms with van der Waals surface area (Å²) in [7, 11) is 2.06. The second kappa shape index (κ2) is 15.3. The van der Waals surface area contributed by atoms with Gasteiger partial charge >= 0.3 is 6.09 Å². The molecule has 1 saturated carbocycles. The number of nitrogens with zero attached hydrogens (tertiary/aromatic N) is 7. The van der Waals surface area contributed by atoms with Crippen molar-refractivity contribution in [3.63, 3.8) is 0 Å². The molecule has 4 amide bonds. The minimum absolute atomic E-state index is 0.0228. The van der Waals surface area contributed by atoms with Gasteiger partial charge in [0.15, 0.2) is 0 Å². The fraction of sp³-hybridized carbons (Fsp3) is 0.562. The number of anilines is 2. The van der Waals surface area contributed by atoms with Gasteiger partial charge < -0.3 is 20.2 Å². The van der Waals surface area contributed by atoms with Crippen LogP contribution >= 0.6 is 0 Å². The second-order valence-electron chi connectivity index (χ2n) is 12.5. The molecule has 1 aromatic carbocycles. The number of rotatable bonds is 12. The molecular weight excluding hydrogens is 592 g/mol. The molecule has 3 atom stereocenters. The molecule has 248 valence electrons. The van der Waals surface area contributed by atoms with Gasteiger partial charge in [0.2, 0.25) is 18.3 Å². The minimum Gasteiger partial charge on any atom is -0.464 e. The highest BCUT2D eigenvalue weighted by Crippen LogP contribution is 2.33. The van der Waals surface area contributed by atoms with Gasteiger partial charge in [0.25, 0.3) is 5.91 Å². The molecule has 2 aliphatic heterocycles. The summed E-state index contributed by atoms with van der Waals surface area (Å²) in [6.45, 7) is 4.58. The van der Waals surface area contributed by atoms with Crippen molar-refractivity contribution in [1.82, 2.24) is 29.9 Å². The maximum Gasteiger partial charge on any atom is 0.426 e.